The molecular formula is C12H19F3O5S. The summed E-state index contributed by atoms with van der Waals surface area (Å²) in [5.74, 6) is -0.628. The highest BCUT2D eigenvalue weighted by Crippen LogP contribution is 2.24. The lowest BCUT2D eigenvalue weighted by molar-refractivity contribution is -0.231. The molecule has 0 aromatic rings. The van der Waals surface area contributed by atoms with E-state index in [-0.39, 0.29) is 24.0 Å². The molecule has 0 bridgehead atoms. The van der Waals surface area contributed by atoms with Gasteiger partial charge >= 0.3 is 12.1 Å². The van der Waals surface area contributed by atoms with Crippen molar-refractivity contribution in [1.82, 2.24) is 0 Å². The standard InChI is InChI=1S/C12H19F3O5S/c1-9(16)20-11(12(13,14)15)8-19-5-2-10-3-6-21(17,18)7-4-10/h10-11H,2-8H2,1H3. The summed E-state index contributed by atoms with van der Waals surface area (Å²) < 4.78 is 69.1. The van der Waals surface area contributed by atoms with E-state index >= 15 is 0 Å². The lowest BCUT2D eigenvalue weighted by Gasteiger charge is -2.23. The normalized spacial score (nSPS) is 21.0. The molecule has 1 heterocycles. The summed E-state index contributed by atoms with van der Waals surface area (Å²) in [6, 6.07) is 0. The molecule has 0 aliphatic carbocycles. The van der Waals surface area contributed by atoms with Crippen molar-refractivity contribution in [2.75, 3.05) is 24.7 Å². The Bertz CT molecular complexity index is 432. The number of ether oxygens (including phenoxy) is 2. The highest BCUT2D eigenvalue weighted by Gasteiger charge is 2.42. The van der Waals surface area contributed by atoms with Crippen LogP contribution in [-0.4, -0.2) is 51.4 Å². The maximum absolute atomic E-state index is 12.5. The van der Waals surface area contributed by atoms with Crippen molar-refractivity contribution in [2.24, 2.45) is 5.92 Å². The molecule has 1 rings (SSSR count). The Morgan fingerprint density at radius 2 is 1.86 bits per heavy atom. The molecule has 0 spiro atoms. The minimum absolute atomic E-state index is 0.0819. The Morgan fingerprint density at radius 1 is 1.29 bits per heavy atom. The molecule has 1 aliphatic heterocycles. The van der Waals surface area contributed by atoms with Crippen LogP contribution in [0.5, 0.6) is 0 Å². The summed E-state index contributed by atoms with van der Waals surface area (Å²) in [7, 11) is -2.94. The van der Waals surface area contributed by atoms with Gasteiger partial charge in [-0.25, -0.2) is 8.42 Å². The first-order valence-corrected chi connectivity index (χ1v) is 8.44. The van der Waals surface area contributed by atoms with Crippen LogP contribution < -0.4 is 0 Å². The molecule has 1 atom stereocenters. The average molecular weight is 332 g/mol. The van der Waals surface area contributed by atoms with Crippen LogP contribution in [0.25, 0.3) is 0 Å². The van der Waals surface area contributed by atoms with Gasteiger partial charge in [0.1, 0.15) is 9.84 Å². The maximum atomic E-state index is 12.5. The van der Waals surface area contributed by atoms with Crippen molar-refractivity contribution in [1.29, 1.82) is 0 Å². The average Bonchev–Trinajstić information content (AvgIpc) is 2.33. The van der Waals surface area contributed by atoms with E-state index in [2.05, 4.69) is 4.74 Å². The van der Waals surface area contributed by atoms with Gasteiger partial charge < -0.3 is 9.47 Å². The van der Waals surface area contributed by atoms with Crippen LogP contribution in [0.3, 0.4) is 0 Å². The van der Waals surface area contributed by atoms with Crippen molar-refractivity contribution in [3.8, 4) is 0 Å². The topological polar surface area (TPSA) is 69.7 Å². The number of esters is 1. The van der Waals surface area contributed by atoms with Gasteiger partial charge in [-0.05, 0) is 25.2 Å². The minimum Gasteiger partial charge on any atom is -0.450 e. The Balaban J connectivity index is 2.27. The summed E-state index contributed by atoms with van der Waals surface area (Å²) >= 11 is 0. The lowest BCUT2D eigenvalue weighted by atomic mass is 10.00. The predicted octanol–water partition coefficient (Wildman–Crippen LogP) is 1.71. The molecule has 21 heavy (non-hydrogen) atoms. The SMILES string of the molecule is CC(=O)OC(COCCC1CCS(=O)(=O)CC1)C(F)(F)F. The molecule has 0 N–H and O–H groups in total. The zero-order chi connectivity index (χ0) is 16.1. The third-order valence-corrected chi connectivity index (χ3v) is 5.00. The third kappa shape index (κ3) is 7.12. The molecular weight excluding hydrogens is 313 g/mol. The fraction of sp³-hybridized carbons (Fsp3) is 0.917. The number of alkyl halides is 3. The second-order valence-corrected chi connectivity index (χ2v) is 7.40. The molecule has 0 radical (unpaired) electrons. The van der Waals surface area contributed by atoms with E-state index in [1.165, 1.54) is 0 Å². The van der Waals surface area contributed by atoms with Crippen LogP contribution in [0.2, 0.25) is 0 Å². The quantitative estimate of drug-likeness (QED) is 0.547. The van der Waals surface area contributed by atoms with E-state index < -0.39 is 34.7 Å². The first-order chi connectivity index (χ1) is 9.60. The number of hydrogen-bond acceptors (Lipinski definition) is 5. The van der Waals surface area contributed by atoms with E-state index in [1.807, 2.05) is 0 Å². The summed E-state index contributed by atoms with van der Waals surface area (Å²) in [6.07, 6.45) is -5.40. The van der Waals surface area contributed by atoms with Crippen molar-refractivity contribution in [3.05, 3.63) is 0 Å². The van der Waals surface area contributed by atoms with Gasteiger partial charge in [0.25, 0.3) is 0 Å². The maximum Gasteiger partial charge on any atom is 0.427 e. The second-order valence-electron chi connectivity index (χ2n) is 5.10. The summed E-state index contributed by atoms with van der Waals surface area (Å²) in [6.45, 7) is 0.244. The zero-order valence-electron chi connectivity index (χ0n) is 11.7. The van der Waals surface area contributed by atoms with Gasteiger partial charge in [-0.2, -0.15) is 13.2 Å². The number of carbonyl (C=O) groups is 1. The highest BCUT2D eigenvalue weighted by molar-refractivity contribution is 7.91. The van der Waals surface area contributed by atoms with Crippen LogP contribution in [0.4, 0.5) is 13.2 Å². The van der Waals surface area contributed by atoms with Crippen LogP contribution in [0.1, 0.15) is 26.2 Å². The Hall–Kier alpha value is -0.830. The third-order valence-electron chi connectivity index (χ3n) is 3.29. The molecule has 0 amide bonds. The van der Waals surface area contributed by atoms with E-state index in [4.69, 9.17) is 4.74 Å². The zero-order valence-corrected chi connectivity index (χ0v) is 12.5. The van der Waals surface area contributed by atoms with Gasteiger partial charge in [-0.15, -0.1) is 0 Å². The number of rotatable bonds is 6. The first kappa shape index (κ1) is 18.2. The van der Waals surface area contributed by atoms with Gasteiger partial charge in [0, 0.05) is 13.5 Å². The molecule has 0 saturated carbocycles. The van der Waals surface area contributed by atoms with E-state index in [0.29, 0.717) is 19.3 Å². The molecule has 9 heteroatoms. The van der Waals surface area contributed by atoms with Gasteiger partial charge in [0.15, 0.2) is 0 Å². The fourth-order valence-corrected chi connectivity index (χ4v) is 3.65. The minimum atomic E-state index is -4.66. The van der Waals surface area contributed by atoms with E-state index in [0.717, 1.165) is 6.92 Å². The Morgan fingerprint density at radius 3 is 2.33 bits per heavy atom. The van der Waals surface area contributed by atoms with E-state index in [9.17, 15) is 26.4 Å². The van der Waals surface area contributed by atoms with Crippen LogP contribution >= 0.6 is 0 Å². The number of sulfone groups is 1. The van der Waals surface area contributed by atoms with Gasteiger partial charge in [0.05, 0.1) is 18.1 Å². The van der Waals surface area contributed by atoms with Crippen LogP contribution in [0.15, 0.2) is 0 Å². The number of carbonyl (C=O) groups excluding carboxylic acids is 1. The van der Waals surface area contributed by atoms with E-state index in [1.54, 1.807) is 0 Å². The molecule has 1 fully saturated rings. The molecule has 124 valence electrons. The molecule has 1 unspecified atom stereocenters. The summed E-state index contributed by atoms with van der Waals surface area (Å²) in [5.41, 5.74) is 0. The molecule has 1 aliphatic rings. The van der Waals surface area contributed by atoms with Gasteiger partial charge in [-0.1, -0.05) is 0 Å². The molecule has 1 saturated heterocycles. The Kier molecular flexibility index (Phi) is 6.45. The number of halogens is 3. The van der Waals surface area contributed by atoms with Crippen molar-refractivity contribution in [3.63, 3.8) is 0 Å². The van der Waals surface area contributed by atoms with Crippen molar-refractivity contribution < 1.29 is 35.9 Å². The van der Waals surface area contributed by atoms with Crippen LogP contribution in [0, 0.1) is 5.92 Å². The van der Waals surface area contributed by atoms with Gasteiger partial charge in [0.2, 0.25) is 6.10 Å². The largest absolute Gasteiger partial charge is 0.450 e. The second kappa shape index (κ2) is 7.44. The lowest BCUT2D eigenvalue weighted by Crippen LogP contribution is -2.37. The smallest absolute Gasteiger partial charge is 0.427 e. The van der Waals surface area contributed by atoms with Crippen molar-refractivity contribution >= 4 is 15.8 Å². The summed E-state index contributed by atoms with van der Waals surface area (Å²) in [4.78, 5) is 10.6. The molecule has 0 aromatic heterocycles. The van der Waals surface area contributed by atoms with Gasteiger partial charge in [-0.3, -0.25) is 4.79 Å². The molecule has 5 nitrogen and oxygen atoms in total. The Labute approximate surface area is 121 Å². The van der Waals surface area contributed by atoms with Crippen LogP contribution in [-0.2, 0) is 24.1 Å². The predicted molar refractivity (Wildman–Crippen MR) is 68.4 cm³/mol. The fourth-order valence-electron chi connectivity index (χ4n) is 2.06. The summed E-state index contributed by atoms with van der Waals surface area (Å²) in [5, 5.41) is 0. The highest BCUT2D eigenvalue weighted by atomic mass is 32.2. The molecule has 0 aromatic carbocycles. The van der Waals surface area contributed by atoms with Crippen molar-refractivity contribution in [2.45, 2.75) is 38.5 Å². The number of hydrogen-bond donors (Lipinski definition) is 0. The monoisotopic (exact) mass is 332 g/mol. The first-order valence-electron chi connectivity index (χ1n) is 6.62.